The molecular weight excluding hydrogens is 411 g/mol. The largest absolute Gasteiger partial charge is 0.479 e. The van der Waals surface area contributed by atoms with Gasteiger partial charge in [0.1, 0.15) is 12.4 Å². The second-order valence-electron chi connectivity index (χ2n) is 7.68. The number of aromatic amines is 1. The minimum Gasteiger partial charge on any atom is -0.479 e. The molecule has 1 aromatic heterocycles. The van der Waals surface area contributed by atoms with Crippen molar-refractivity contribution in [2.75, 3.05) is 6.61 Å². The van der Waals surface area contributed by atoms with Crippen LogP contribution >= 0.6 is 0 Å². The molecule has 3 N–H and O–H groups in total. The molecule has 3 aromatic carbocycles. The van der Waals surface area contributed by atoms with Crippen LogP contribution in [0.3, 0.4) is 0 Å². The summed E-state index contributed by atoms with van der Waals surface area (Å²) >= 11 is 0. The van der Waals surface area contributed by atoms with Gasteiger partial charge in [-0.15, -0.1) is 0 Å². The Morgan fingerprint density at radius 2 is 1.69 bits per heavy atom. The van der Waals surface area contributed by atoms with Gasteiger partial charge in [0, 0.05) is 28.6 Å². The second kappa shape index (κ2) is 7.85. The summed E-state index contributed by atoms with van der Waals surface area (Å²) < 4.78 is 18.9. The van der Waals surface area contributed by atoms with Gasteiger partial charge in [0.05, 0.1) is 0 Å². The number of carbonyl (C=O) groups is 2. The fourth-order valence-corrected chi connectivity index (χ4v) is 4.39. The number of fused-ring (bicyclic) bond motifs is 4. The number of amides is 1. The van der Waals surface area contributed by atoms with Crippen molar-refractivity contribution in [2.45, 2.75) is 12.0 Å². The number of carboxylic acid groups (broad SMARTS) is 1. The van der Waals surface area contributed by atoms with Gasteiger partial charge in [-0.25, -0.2) is 14.0 Å². The predicted molar refractivity (Wildman–Crippen MR) is 117 cm³/mol. The lowest BCUT2D eigenvalue weighted by molar-refractivity contribution is -0.139. The molecule has 0 saturated carbocycles. The number of hydrogen-bond donors (Lipinski definition) is 3. The first-order valence-corrected chi connectivity index (χ1v) is 10.1. The summed E-state index contributed by atoms with van der Waals surface area (Å²) in [5.74, 6) is -1.82. The first kappa shape index (κ1) is 19.8. The Bertz CT molecular complexity index is 1300. The van der Waals surface area contributed by atoms with Gasteiger partial charge in [-0.05, 0) is 40.5 Å². The number of halogens is 1. The minimum absolute atomic E-state index is 0.0747. The van der Waals surface area contributed by atoms with E-state index in [9.17, 15) is 19.1 Å². The van der Waals surface area contributed by atoms with Gasteiger partial charge in [-0.2, -0.15) is 0 Å². The molecule has 1 aliphatic rings. The molecule has 6 nitrogen and oxygen atoms in total. The Balaban J connectivity index is 1.34. The predicted octanol–water partition coefficient (Wildman–Crippen LogP) is 4.97. The fraction of sp³-hybridized carbons (Fsp3) is 0.120. The Kier molecular flexibility index (Phi) is 4.86. The number of hydrogen-bond acceptors (Lipinski definition) is 3. The highest BCUT2D eigenvalue weighted by molar-refractivity contribution is 5.91. The van der Waals surface area contributed by atoms with Gasteiger partial charge in [-0.1, -0.05) is 48.5 Å². The molecule has 1 unspecified atom stereocenters. The zero-order valence-corrected chi connectivity index (χ0v) is 16.8. The highest BCUT2D eigenvalue weighted by Crippen LogP contribution is 2.44. The van der Waals surface area contributed by atoms with Crippen LogP contribution in [-0.2, 0) is 9.53 Å². The molecule has 0 aliphatic heterocycles. The van der Waals surface area contributed by atoms with Crippen LogP contribution in [0.1, 0.15) is 28.7 Å². The first-order chi connectivity index (χ1) is 15.5. The number of ether oxygens (including phenoxy) is 1. The van der Waals surface area contributed by atoms with Crippen molar-refractivity contribution in [3.8, 4) is 11.1 Å². The molecule has 0 saturated heterocycles. The monoisotopic (exact) mass is 430 g/mol. The molecule has 0 radical (unpaired) electrons. The first-order valence-electron chi connectivity index (χ1n) is 10.1. The standard InChI is InChI=1S/C25H19FN2O4/c26-14-9-10-19-20(12-27-22(19)11-14)23(24(29)30)28-25(31)32-13-21-17-7-3-1-5-15(17)16-6-2-4-8-18(16)21/h1-12,21,23,27H,13H2,(H,28,31)(H,29,30). The molecule has 0 fully saturated rings. The number of aliphatic carboxylic acids is 1. The van der Waals surface area contributed by atoms with E-state index in [-0.39, 0.29) is 12.5 Å². The van der Waals surface area contributed by atoms with Gasteiger partial charge in [0.15, 0.2) is 6.04 Å². The molecule has 1 atom stereocenters. The lowest BCUT2D eigenvalue weighted by atomic mass is 9.98. The Morgan fingerprint density at radius 1 is 1.03 bits per heavy atom. The number of H-pyrrole nitrogens is 1. The van der Waals surface area contributed by atoms with Crippen LogP contribution in [0.4, 0.5) is 9.18 Å². The van der Waals surface area contributed by atoms with Crippen LogP contribution in [-0.4, -0.2) is 28.8 Å². The molecule has 5 rings (SSSR count). The van der Waals surface area contributed by atoms with Crippen molar-refractivity contribution >= 4 is 23.0 Å². The second-order valence-corrected chi connectivity index (χ2v) is 7.68. The van der Waals surface area contributed by atoms with E-state index in [1.165, 1.54) is 24.4 Å². The van der Waals surface area contributed by atoms with Gasteiger partial charge < -0.3 is 20.1 Å². The van der Waals surface area contributed by atoms with E-state index < -0.39 is 23.9 Å². The van der Waals surface area contributed by atoms with E-state index in [4.69, 9.17) is 4.74 Å². The third-order valence-electron chi connectivity index (χ3n) is 5.84. The zero-order chi connectivity index (χ0) is 22.2. The van der Waals surface area contributed by atoms with E-state index in [2.05, 4.69) is 10.3 Å². The molecule has 1 heterocycles. The molecule has 160 valence electrons. The van der Waals surface area contributed by atoms with Gasteiger partial charge in [0.25, 0.3) is 0 Å². The maximum absolute atomic E-state index is 13.4. The van der Waals surface area contributed by atoms with E-state index >= 15 is 0 Å². The minimum atomic E-state index is -1.34. The van der Waals surface area contributed by atoms with E-state index in [0.29, 0.717) is 16.5 Å². The topological polar surface area (TPSA) is 91.4 Å². The van der Waals surface area contributed by atoms with E-state index in [0.717, 1.165) is 22.3 Å². The number of carbonyl (C=O) groups excluding carboxylic acids is 1. The van der Waals surface area contributed by atoms with Crippen molar-refractivity contribution in [3.63, 3.8) is 0 Å². The average Bonchev–Trinajstić information content (AvgIpc) is 3.34. The molecule has 0 spiro atoms. The van der Waals surface area contributed by atoms with Crippen LogP contribution < -0.4 is 5.32 Å². The van der Waals surface area contributed by atoms with Crippen LogP contribution in [0.15, 0.2) is 72.9 Å². The smallest absolute Gasteiger partial charge is 0.408 e. The number of benzene rings is 3. The maximum atomic E-state index is 13.4. The van der Waals surface area contributed by atoms with Crippen molar-refractivity contribution in [1.82, 2.24) is 10.3 Å². The zero-order valence-electron chi connectivity index (χ0n) is 16.8. The summed E-state index contributed by atoms with van der Waals surface area (Å²) in [6.07, 6.45) is 0.614. The van der Waals surface area contributed by atoms with Crippen molar-refractivity contribution in [1.29, 1.82) is 0 Å². The van der Waals surface area contributed by atoms with Crippen molar-refractivity contribution in [2.24, 2.45) is 0 Å². The third-order valence-corrected chi connectivity index (χ3v) is 5.84. The van der Waals surface area contributed by atoms with Crippen LogP contribution in [0, 0.1) is 5.82 Å². The lowest BCUT2D eigenvalue weighted by Crippen LogP contribution is -2.34. The summed E-state index contributed by atoms with van der Waals surface area (Å²) in [5.41, 5.74) is 5.10. The Hall–Kier alpha value is -4.13. The quantitative estimate of drug-likeness (QED) is 0.417. The highest BCUT2D eigenvalue weighted by atomic mass is 19.1. The van der Waals surface area contributed by atoms with Gasteiger partial charge >= 0.3 is 12.1 Å². The molecular formula is C25H19FN2O4. The molecule has 0 bridgehead atoms. The van der Waals surface area contributed by atoms with E-state index in [1.807, 2.05) is 48.5 Å². The molecule has 32 heavy (non-hydrogen) atoms. The maximum Gasteiger partial charge on any atom is 0.408 e. The summed E-state index contributed by atoms with van der Waals surface area (Å²) in [7, 11) is 0. The number of carboxylic acids is 1. The Labute approximate surface area is 182 Å². The SMILES string of the molecule is O=C(NC(C(=O)O)c1c[nH]c2cc(F)ccc12)OCC1c2ccccc2-c2ccccc21. The number of nitrogens with one attached hydrogen (secondary N) is 2. The highest BCUT2D eigenvalue weighted by Gasteiger charge is 2.30. The summed E-state index contributed by atoms with van der Waals surface area (Å²) in [6.45, 7) is 0.0747. The normalized spacial score (nSPS) is 13.4. The van der Waals surface area contributed by atoms with Crippen molar-refractivity contribution in [3.05, 3.63) is 95.4 Å². The van der Waals surface area contributed by atoms with Gasteiger partial charge in [-0.3, -0.25) is 0 Å². The van der Waals surface area contributed by atoms with Crippen LogP contribution in [0.25, 0.3) is 22.0 Å². The molecule has 7 heteroatoms. The lowest BCUT2D eigenvalue weighted by Gasteiger charge is -2.17. The van der Waals surface area contributed by atoms with E-state index in [1.54, 1.807) is 0 Å². The van der Waals surface area contributed by atoms with Crippen LogP contribution in [0.2, 0.25) is 0 Å². The summed E-state index contributed by atoms with van der Waals surface area (Å²) in [6, 6.07) is 18.6. The van der Waals surface area contributed by atoms with Crippen molar-refractivity contribution < 1.29 is 23.8 Å². The summed E-state index contributed by atoms with van der Waals surface area (Å²) in [4.78, 5) is 27.3. The molecule has 4 aromatic rings. The number of rotatable bonds is 5. The average molecular weight is 430 g/mol. The number of alkyl carbamates (subject to hydrolysis) is 1. The third kappa shape index (κ3) is 3.37. The Morgan fingerprint density at radius 3 is 2.34 bits per heavy atom. The summed E-state index contributed by atoms with van der Waals surface area (Å²) in [5, 5.41) is 12.6. The molecule has 1 aliphatic carbocycles. The van der Waals surface area contributed by atoms with Crippen LogP contribution in [0.5, 0.6) is 0 Å². The van der Waals surface area contributed by atoms with Gasteiger partial charge in [0.2, 0.25) is 0 Å². The fourth-order valence-electron chi connectivity index (χ4n) is 4.39. The number of aromatic nitrogens is 1. The molecule has 1 amide bonds.